The van der Waals surface area contributed by atoms with Crippen molar-refractivity contribution in [2.24, 2.45) is 30.7 Å². The number of aromatic hydroxyl groups is 2. The summed E-state index contributed by atoms with van der Waals surface area (Å²) in [4.78, 5) is -1.22. The molecule has 0 aromatic heterocycles. The third-order valence-electron chi connectivity index (χ3n) is 8.87. The number of hydrogen-bond acceptors (Lipinski definition) is 21. The van der Waals surface area contributed by atoms with Crippen molar-refractivity contribution < 1.29 is 75.2 Å². The lowest BCUT2D eigenvalue weighted by Crippen LogP contribution is -2.21. The van der Waals surface area contributed by atoms with Crippen molar-refractivity contribution in [2.45, 2.75) is 27.7 Å². The van der Waals surface area contributed by atoms with E-state index in [-0.39, 0.29) is 84.8 Å². The summed E-state index contributed by atoms with van der Waals surface area (Å²) in [5.41, 5.74) is 0.319. The van der Waals surface area contributed by atoms with Gasteiger partial charge in [-0.15, -0.1) is 29.9 Å². The summed E-state index contributed by atoms with van der Waals surface area (Å²) in [5, 5.41) is 78.6. The molecule has 0 saturated heterocycles. The maximum absolute atomic E-state index is 12.5. The summed E-state index contributed by atoms with van der Waals surface area (Å²) >= 11 is 0.504. The molecule has 0 fully saturated rings. The molecule has 0 radical (unpaired) electrons. The van der Waals surface area contributed by atoms with Crippen LogP contribution < -0.4 is 14.2 Å². The molecule has 6 rings (SSSR count). The van der Waals surface area contributed by atoms with Gasteiger partial charge in [-0.3, -0.25) is 9.11 Å². The summed E-state index contributed by atoms with van der Waals surface area (Å²) < 4.78 is 90.1. The molecule has 0 bridgehead atoms. The molecular weight excluding hydrogens is 893 g/mol. The van der Waals surface area contributed by atoms with Crippen molar-refractivity contribution in [1.82, 2.24) is 0 Å². The second-order valence-corrected chi connectivity index (χ2v) is 16.5. The van der Waals surface area contributed by atoms with E-state index in [1.165, 1.54) is 80.9 Å². The number of phenols is 2. The molecule has 22 nitrogen and oxygen atoms in total. The van der Waals surface area contributed by atoms with E-state index in [1.54, 1.807) is 6.92 Å². The van der Waals surface area contributed by atoms with Crippen molar-refractivity contribution >= 4 is 87.9 Å². The Morgan fingerprint density at radius 2 is 1.30 bits per heavy atom. The van der Waals surface area contributed by atoms with Crippen LogP contribution >= 0.6 is 12.0 Å². The van der Waals surface area contributed by atoms with Gasteiger partial charge in [0.2, 0.25) is 0 Å². The molecule has 0 saturated carbocycles. The van der Waals surface area contributed by atoms with Gasteiger partial charge >= 0.3 is 0 Å². The Kier molecular flexibility index (Phi) is 14.2. The molecule has 25 heteroatoms. The lowest BCUT2D eigenvalue weighted by molar-refractivity contribution is -0.432. The van der Waals surface area contributed by atoms with Gasteiger partial charge < -0.3 is 34.6 Å². The largest absolute Gasteiger partial charge is 0.508 e. The van der Waals surface area contributed by atoms with Crippen LogP contribution in [-0.2, 0) is 29.6 Å². The molecule has 1 atom stereocenters. The predicted molar refractivity (Wildman–Crippen MR) is 223 cm³/mol. The van der Waals surface area contributed by atoms with E-state index in [2.05, 4.69) is 40.1 Å². The quantitative estimate of drug-likeness (QED) is 0.0148. The zero-order chi connectivity index (χ0) is 45.6. The molecule has 0 spiro atoms. The average Bonchev–Trinajstić information content (AvgIpc) is 3.25. The highest BCUT2D eigenvalue weighted by Gasteiger charge is 2.24. The maximum atomic E-state index is 12.5. The van der Waals surface area contributed by atoms with Gasteiger partial charge in [-0.25, -0.2) is 5.26 Å². The van der Waals surface area contributed by atoms with Crippen LogP contribution in [0.3, 0.4) is 0 Å². The molecule has 0 aliphatic carbocycles. The first-order valence-corrected chi connectivity index (χ1v) is 21.3. The van der Waals surface area contributed by atoms with Gasteiger partial charge in [-0.1, -0.05) is 29.3 Å². The lowest BCUT2D eigenvalue weighted by atomic mass is 10.1. The minimum absolute atomic E-state index is 0.000311. The monoisotopic (exact) mass is 926 g/mol. The fourth-order valence-corrected chi connectivity index (χ4v) is 7.98. The van der Waals surface area contributed by atoms with E-state index in [9.17, 15) is 46.4 Å². The molecule has 1 unspecified atom stereocenters. The highest BCUT2D eigenvalue weighted by molar-refractivity contribution is 7.94. The SMILES string of the molecule is COc1cc(N=Nc2ccc3c(S(=O)(=O)O)cccc3c2S(=O)(=O)O)c(OC)cc1N=Nc1cc(OCC(O)CO)c(N=Nc2c(SOOO)cc3ccc(O)cc3c2O)cc1C. The van der Waals surface area contributed by atoms with Crippen LogP contribution in [0.2, 0.25) is 0 Å². The number of benzene rings is 6. The van der Waals surface area contributed by atoms with Crippen LogP contribution in [-0.4, -0.2) is 85.2 Å². The van der Waals surface area contributed by atoms with Crippen LogP contribution in [0.25, 0.3) is 21.5 Å². The molecule has 330 valence electrons. The summed E-state index contributed by atoms with van der Waals surface area (Å²) in [6, 6.07) is 17.1. The third kappa shape index (κ3) is 10.5. The van der Waals surface area contributed by atoms with Crippen molar-refractivity contribution in [3.63, 3.8) is 0 Å². The van der Waals surface area contributed by atoms with Crippen LogP contribution in [0, 0.1) is 6.92 Å². The molecule has 63 heavy (non-hydrogen) atoms. The number of hydrogen-bond donors (Lipinski definition) is 7. The van der Waals surface area contributed by atoms with Crippen molar-refractivity contribution in [3.8, 4) is 28.7 Å². The summed E-state index contributed by atoms with van der Waals surface area (Å²) in [6.45, 7) is 0.640. The number of nitrogens with zero attached hydrogens (tertiary/aromatic N) is 6. The molecule has 0 aliphatic heterocycles. The lowest BCUT2D eigenvalue weighted by Gasteiger charge is -2.14. The molecule has 6 aromatic carbocycles. The first-order chi connectivity index (χ1) is 30.0. The fraction of sp³-hybridized carbons (Fsp3) is 0.158. The molecule has 6 aromatic rings. The van der Waals surface area contributed by atoms with E-state index in [0.717, 1.165) is 12.1 Å². The topological polar surface area (TPSA) is 330 Å². The summed E-state index contributed by atoms with van der Waals surface area (Å²) in [7, 11) is -7.19. The first kappa shape index (κ1) is 46.1. The minimum Gasteiger partial charge on any atom is -0.508 e. The van der Waals surface area contributed by atoms with E-state index in [1.807, 2.05) is 0 Å². The molecule has 7 N–H and O–H groups in total. The maximum Gasteiger partial charge on any atom is 0.297 e. The van der Waals surface area contributed by atoms with Gasteiger partial charge in [0.15, 0.2) is 5.75 Å². The first-order valence-electron chi connectivity index (χ1n) is 17.7. The number of aryl methyl sites for hydroxylation is 1. The van der Waals surface area contributed by atoms with Crippen molar-refractivity contribution in [2.75, 3.05) is 27.4 Å². The molecular formula is C38H34N6O16S3. The standard InChI is InChI=1S/C38H34N6O16S3/c1-19-11-28(43-44-36-34(61-60-59-49)12-20-7-8-21(46)13-25(20)37(36)48)33(58-18-22(47)17-45)14-27(19)40-42-30-16-31(56-2)29(15-32(30)57-3)41-39-26-10-9-23-24(38(26)63(53,54)55)5-4-6-35(23)62(50,51)52/h4-16,22,45-49H,17-18H2,1-3H3,(H,50,51,52)(H,53,54,55). The number of rotatable bonds is 17. The Balaban J connectivity index is 1.37. The van der Waals surface area contributed by atoms with Gasteiger partial charge in [0.25, 0.3) is 20.2 Å². The predicted octanol–water partition coefficient (Wildman–Crippen LogP) is 8.63. The normalized spacial score (nSPS) is 12.9. The van der Waals surface area contributed by atoms with Gasteiger partial charge in [-0.05, 0) is 54.3 Å². The van der Waals surface area contributed by atoms with Crippen LogP contribution in [0.1, 0.15) is 5.56 Å². The number of azo groups is 3. The Morgan fingerprint density at radius 1 is 0.683 bits per heavy atom. The number of fused-ring (bicyclic) bond motifs is 2. The van der Waals surface area contributed by atoms with E-state index < -0.39 is 48.5 Å². The second-order valence-electron chi connectivity index (χ2n) is 13.0. The molecule has 0 amide bonds. The van der Waals surface area contributed by atoms with Crippen LogP contribution in [0.5, 0.6) is 28.7 Å². The number of phenolic OH excluding ortho intramolecular Hbond substituents is 2. The van der Waals surface area contributed by atoms with Crippen LogP contribution in [0.15, 0.2) is 124 Å². The smallest absolute Gasteiger partial charge is 0.297 e. The Bertz CT molecular complexity index is 3040. The van der Waals surface area contributed by atoms with Crippen LogP contribution in [0.4, 0.5) is 34.1 Å². The molecule has 0 aliphatic rings. The van der Waals surface area contributed by atoms with Crippen molar-refractivity contribution in [3.05, 3.63) is 84.4 Å². The summed E-state index contributed by atoms with van der Waals surface area (Å²) in [6.07, 6.45) is -1.29. The number of methoxy groups -OCH3 is 2. The minimum atomic E-state index is -5.04. The zero-order valence-corrected chi connectivity index (χ0v) is 35.2. The van der Waals surface area contributed by atoms with Crippen molar-refractivity contribution in [1.29, 1.82) is 0 Å². The zero-order valence-electron chi connectivity index (χ0n) is 32.7. The highest BCUT2D eigenvalue weighted by atomic mass is 32.2. The highest BCUT2D eigenvalue weighted by Crippen LogP contribution is 2.47. The van der Waals surface area contributed by atoms with Gasteiger partial charge in [0, 0.05) is 34.4 Å². The van der Waals surface area contributed by atoms with Gasteiger partial charge in [0.05, 0.1) is 43.5 Å². The molecule has 0 heterocycles. The van der Waals surface area contributed by atoms with E-state index >= 15 is 0 Å². The third-order valence-corrected chi connectivity index (χ3v) is 11.3. The number of aliphatic hydroxyl groups is 2. The average molecular weight is 927 g/mol. The van der Waals surface area contributed by atoms with E-state index in [4.69, 9.17) is 19.5 Å². The summed E-state index contributed by atoms with van der Waals surface area (Å²) in [5.74, 6) is -0.407. The Morgan fingerprint density at radius 3 is 1.92 bits per heavy atom. The fourth-order valence-electron chi connectivity index (χ4n) is 5.95. The Labute approximate surface area is 360 Å². The number of ether oxygens (including phenoxy) is 3. The Hall–Kier alpha value is -6.39. The van der Waals surface area contributed by atoms with Gasteiger partial charge in [-0.2, -0.15) is 21.9 Å². The van der Waals surface area contributed by atoms with E-state index in [0.29, 0.717) is 23.0 Å². The number of aliphatic hydroxyl groups excluding tert-OH is 2. The van der Waals surface area contributed by atoms with Gasteiger partial charge in [0.1, 0.15) is 73.9 Å². The second kappa shape index (κ2) is 19.3.